The van der Waals surface area contributed by atoms with E-state index < -0.39 is 0 Å². The number of rotatable bonds is 11. The first-order valence-corrected chi connectivity index (χ1v) is 12.2. The second-order valence-electron chi connectivity index (χ2n) is 8.39. The van der Waals surface area contributed by atoms with Crippen molar-refractivity contribution in [3.63, 3.8) is 0 Å². The third-order valence-corrected chi connectivity index (χ3v) is 5.91. The van der Waals surface area contributed by atoms with Crippen LogP contribution in [0.3, 0.4) is 0 Å². The van der Waals surface area contributed by atoms with E-state index in [1.807, 2.05) is 38.1 Å². The van der Waals surface area contributed by atoms with Crippen LogP contribution in [0.15, 0.2) is 54.6 Å². The van der Waals surface area contributed by atoms with E-state index in [-0.39, 0.29) is 29.9 Å². The number of amides is 2. The monoisotopic (exact) mass is 477 g/mol. The molecule has 34 heavy (non-hydrogen) atoms. The van der Waals surface area contributed by atoms with Crippen LogP contribution in [0.1, 0.15) is 66.8 Å². The minimum atomic E-state index is -0.236. The van der Waals surface area contributed by atoms with Gasteiger partial charge in [0.25, 0.3) is 5.91 Å². The summed E-state index contributed by atoms with van der Waals surface area (Å²) in [7, 11) is 0. The molecule has 0 radical (unpaired) electrons. The number of hydrogen-bond acceptors (Lipinski definition) is 5. The zero-order chi connectivity index (χ0) is 25.1. The van der Waals surface area contributed by atoms with Gasteiger partial charge in [0.2, 0.25) is 5.91 Å². The second kappa shape index (κ2) is 13.4. The summed E-state index contributed by atoms with van der Waals surface area (Å²) in [6.45, 7) is 8.18. The molecule has 0 fully saturated rings. The number of nitrogens with one attached hydrogen (secondary N) is 2. The molecule has 0 bridgehead atoms. The van der Waals surface area contributed by atoms with Gasteiger partial charge in [0.1, 0.15) is 0 Å². The van der Waals surface area contributed by atoms with E-state index in [1.165, 1.54) is 6.08 Å². The molecule has 7 heteroatoms. The molecule has 178 valence electrons. The minimum Gasteiger partial charge on any atom is -0.352 e. The molecule has 0 saturated carbocycles. The molecule has 0 spiro atoms. The van der Waals surface area contributed by atoms with Gasteiger partial charge in [0.15, 0.2) is 5.78 Å². The Morgan fingerprint density at radius 3 is 2.09 bits per heavy atom. The van der Waals surface area contributed by atoms with Crippen molar-refractivity contribution < 1.29 is 14.4 Å². The van der Waals surface area contributed by atoms with Gasteiger partial charge in [-0.1, -0.05) is 52.0 Å². The molecule has 2 amide bonds. The first-order valence-electron chi connectivity index (χ1n) is 11.3. The van der Waals surface area contributed by atoms with E-state index in [1.54, 1.807) is 36.0 Å². The summed E-state index contributed by atoms with van der Waals surface area (Å²) >= 11 is 1.62. The van der Waals surface area contributed by atoms with Crippen molar-refractivity contribution in [3.05, 3.63) is 71.3 Å². The second-order valence-corrected chi connectivity index (χ2v) is 10.0. The first kappa shape index (κ1) is 26.9. The van der Waals surface area contributed by atoms with Crippen molar-refractivity contribution in [2.75, 3.05) is 11.9 Å². The van der Waals surface area contributed by atoms with Crippen LogP contribution in [0.2, 0.25) is 0 Å². The van der Waals surface area contributed by atoms with E-state index in [4.69, 9.17) is 5.26 Å². The molecule has 0 aliphatic rings. The van der Waals surface area contributed by atoms with Gasteiger partial charge in [-0.2, -0.15) is 5.26 Å². The lowest BCUT2D eigenvalue weighted by Crippen LogP contribution is -2.25. The molecule has 0 heterocycles. The van der Waals surface area contributed by atoms with Crippen molar-refractivity contribution in [1.29, 1.82) is 5.26 Å². The van der Waals surface area contributed by atoms with Crippen molar-refractivity contribution in [1.82, 2.24) is 5.32 Å². The maximum Gasteiger partial charge on any atom is 0.251 e. The number of carbonyl (C=O) groups excluding carboxylic acids is 3. The largest absolute Gasteiger partial charge is 0.352 e. The molecule has 6 nitrogen and oxygen atoms in total. The van der Waals surface area contributed by atoms with E-state index in [2.05, 4.69) is 30.6 Å². The van der Waals surface area contributed by atoms with Crippen LogP contribution in [0, 0.1) is 17.2 Å². The zero-order valence-corrected chi connectivity index (χ0v) is 20.9. The maximum atomic E-state index is 12.3. The summed E-state index contributed by atoms with van der Waals surface area (Å²) in [5.41, 5.74) is 2.68. The molecule has 0 aliphatic carbocycles. The lowest BCUT2D eigenvalue weighted by atomic mass is 10.00. The van der Waals surface area contributed by atoms with Gasteiger partial charge < -0.3 is 10.6 Å². The van der Waals surface area contributed by atoms with E-state index >= 15 is 0 Å². The average Bonchev–Trinajstić information content (AvgIpc) is 2.81. The number of Topliss-reactive ketones (excluding diaryl/α,β-unsaturated/α-hetero) is 1. The molecule has 0 aliphatic heterocycles. The molecule has 2 N–H and O–H groups in total. The highest BCUT2D eigenvalue weighted by Gasteiger charge is 2.12. The third-order valence-electron chi connectivity index (χ3n) is 4.83. The van der Waals surface area contributed by atoms with Crippen LogP contribution in [0.4, 0.5) is 5.69 Å². The molecule has 0 aromatic heterocycles. The molecule has 0 saturated heterocycles. The van der Waals surface area contributed by atoms with Crippen LogP contribution in [0.5, 0.6) is 0 Å². The Hall–Kier alpha value is -3.37. The smallest absolute Gasteiger partial charge is 0.251 e. The van der Waals surface area contributed by atoms with Crippen LogP contribution >= 0.6 is 11.8 Å². The summed E-state index contributed by atoms with van der Waals surface area (Å²) in [6, 6.07) is 16.1. The number of thioether (sulfide) groups is 1. The van der Waals surface area contributed by atoms with Gasteiger partial charge in [-0.05, 0) is 36.2 Å². The Morgan fingerprint density at radius 2 is 1.53 bits per heavy atom. The lowest BCUT2D eigenvalue weighted by Gasteiger charge is -2.11. The SMILES string of the molecule is CC(C)S/C(=C/C#N)c1ccc(NC(=O)CCCNC(=O)c2ccc(C(=O)C(C)C)cc2)cc1. The van der Waals surface area contributed by atoms with Crippen molar-refractivity contribution >= 4 is 40.0 Å². The van der Waals surface area contributed by atoms with Crippen molar-refractivity contribution in [2.45, 2.75) is 45.8 Å². The number of ketones is 1. The van der Waals surface area contributed by atoms with E-state index in [9.17, 15) is 14.4 Å². The Labute approximate surface area is 205 Å². The summed E-state index contributed by atoms with van der Waals surface area (Å²) in [6.07, 6.45) is 2.30. The number of nitriles is 1. The first-order chi connectivity index (χ1) is 16.2. The van der Waals surface area contributed by atoms with Crippen molar-refractivity contribution in [3.8, 4) is 6.07 Å². The van der Waals surface area contributed by atoms with Gasteiger partial charge in [-0.3, -0.25) is 14.4 Å². The fourth-order valence-electron chi connectivity index (χ4n) is 3.11. The predicted molar refractivity (Wildman–Crippen MR) is 139 cm³/mol. The van der Waals surface area contributed by atoms with Gasteiger partial charge in [0, 0.05) is 51.9 Å². The minimum absolute atomic E-state index is 0.0427. The topological polar surface area (TPSA) is 99.1 Å². The van der Waals surface area contributed by atoms with Crippen LogP contribution in [-0.4, -0.2) is 29.4 Å². The quantitative estimate of drug-likeness (QED) is 0.246. The Morgan fingerprint density at radius 1 is 0.941 bits per heavy atom. The van der Waals surface area contributed by atoms with Gasteiger partial charge in [-0.15, -0.1) is 11.8 Å². The van der Waals surface area contributed by atoms with E-state index in [0.717, 1.165) is 10.5 Å². The van der Waals surface area contributed by atoms with Crippen molar-refractivity contribution in [2.24, 2.45) is 5.92 Å². The number of allylic oxidation sites excluding steroid dienone is 1. The Balaban J connectivity index is 1.78. The van der Waals surface area contributed by atoms with Gasteiger partial charge in [0.05, 0.1) is 6.07 Å². The van der Waals surface area contributed by atoms with Crippen LogP contribution < -0.4 is 10.6 Å². The highest BCUT2D eigenvalue weighted by atomic mass is 32.2. The predicted octanol–water partition coefficient (Wildman–Crippen LogP) is 5.68. The van der Waals surface area contributed by atoms with E-state index in [0.29, 0.717) is 35.0 Å². The summed E-state index contributed by atoms with van der Waals surface area (Å²) < 4.78 is 0. The standard InChI is InChI=1S/C27H31N3O3S/c1-18(2)26(32)21-7-9-22(10-8-21)27(33)29-17-5-6-25(31)30-23-13-11-20(12-14-23)24(15-16-28)34-19(3)4/h7-15,18-19H,5-6,17H2,1-4H3,(H,29,33)(H,30,31)/b24-15+. The Bertz CT molecular complexity index is 1070. The highest BCUT2D eigenvalue weighted by molar-refractivity contribution is 8.08. The molecular formula is C27H31N3O3S. The summed E-state index contributed by atoms with van der Waals surface area (Å²) in [5, 5.41) is 15.0. The summed E-state index contributed by atoms with van der Waals surface area (Å²) in [5.74, 6) is -0.422. The maximum absolute atomic E-state index is 12.3. The zero-order valence-electron chi connectivity index (χ0n) is 20.1. The van der Waals surface area contributed by atoms with Crippen LogP contribution in [-0.2, 0) is 4.79 Å². The molecule has 0 unspecified atom stereocenters. The molecule has 2 aromatic rings. The third kappa shape index (κ3) is 8.53. The Kier molecular flexibility index (Phi) is 10.6. The number of nitrogens with zero attached hydrogens (tertiary/aromatic N) is 1. The van der Waals surface area contributed by atoms with Gasteiger partial charge >= 0.3 is 0 Å². The number of anilines is 1. The fourth-order valence-corrected chi connectivity index (χ4v) is 4.01. The highest BCUT2D eigenvalue weighted by Crippen LogP contribution is 2.31. The molecule has 2 rings (SSSR count). The summed E-state index contributed by atoms with van der Waals surface area (Å²) in [4.78, 5) is 37.4. The number of carbonyl (C=O) groups is 3. The normalized spacial score (nSPS) is 11.3. The van der Waals surface area contributed by atoms with Crippen LogP contribution in [0.25, 0.3) is 4.91 Å². The average molecular weight is 478 g/mol. The fraction of sp³-hybridized carbons (Fsp3) is 0.333. The molecule has 2 aromatic carbocycles. The lowest BCUT2D eigenvalue weighted by molar-refractivity contribution is -0.116. The molecule has 0 atom stereocenters. The number of hydrogen-bond donors (Lipinski definition) is 2. The van der Waals surface area contributed by atoms with Gasteiger partial charge in [-0.25, -0.2) is 0 Å². The number of benzene rings is 2. The molecular weight excluding hydrogens is 446 g/mol.